The first-order valence-electron chi connectivity index (χ1n) is 6.13. The minimum absolute atomic E-state index is 0.238. The summed E-state index contributed by atoms with van der Waals surface area (Å²) in [5.74, 6) is 1.71. The molecule has 0 atom stereocenters. The highest BCUT2D eigenvalue weighted by molar-refractivity contribution is 5.82. The van der Waals surface area contributed by atoms with Crippen molar-refractivity contribution in [3.05, 3.63) is 11.7 Å². The van der Waals surface area contributed by atoms with Crippen LogP contribution in [-0.2, 0) is 17.6 Å². The van der Waals surface area contributed by atoms with Gasteiger partial charge in [-0.05, 0) is 19.3 Å². The van der Waals surface area contributed by atoms with Crippen LogP contribution in [0, 0.1) is 5.92 Å². The Morgan fingerprint density at radius 3 is 2.88 bits per heavy atom. The molecule has 0 aliphatic heterocycles. The Morgan fingerprint density at radius 1 is 1.44 bits per heavy atom. The molecule has 0 saturated heterocycles. The zero-order valence-corrected chi connectivity index (χ0v) is 9.74. The second-order valence-electron chi connectivity index (χ2n) is 4.48. The maximum Gasteiger partial charge on any atom is 0.234 e. The smallest absolute Gasteiger partial charge is 0.234 e. The highest BCUT2D eigenvalue weighted by Gasteiger charge is 2.24. The second kappa shape index (κ2) is 5.23. The molecule has 1 aromatic heterocycles. The summed E-state index contributed by atoms with van der Waals surface area (Å²) in [4.78, 5) is 16.1. The molecule has 0 bridgehead atoms. The van der Waals surface area contributed by atoms with Crippen LogP contribution in [0.5, 0.6) is 0 Å². The molecular formula is C12H18N2O2. The number of aromatic nitrogens is 2. The van der Waals surface area contributed by atoms with E-state index in [-0.39, 0.29) is 11.7 Å². The van der Waals surface area contributed by atoms with Crippen molar-refractivity contribution in [2.75, 3.05) is 0 Å². The molecule has 4 heteroatoms. The van der Waals surface area contributed by atoms with E-state index in [1.54, 1.807) is 0 Å². The van der Waals surface area contributed by atoms with Gasteiger partial charge in [0.2, 0.25) is 5.89 Å². The van der Waals surface area contributed by atoms with Crippen LogP contribution in [0.3, 0.4) is 0 Å². The molecule has 4 nitrogen and oxygen atoms in total. The van der Waals surface area contributed by atoms with E-state index in [0.717, 1.165) is 31.5 Å². The van der Waals surface area contributed by atoms with E-state index in [2.05, 4.69) is 17.1 Å². The monoisotopic (exact) mass is 222 g/mol. The lowest BCUT2D eigenvalue weighted by atomic mass is 10.0. The highest BCUT2D eigenvalue weighted by Crippen LogP contribution is 2.26. The summed E-state index contributed by atoms with van der Waals surface area (Å²) in [6.07, 6.45) is 6.57. The number of carbonyl (C=O) groups excluding carboxylic acids is 1. The van der Waals surface area contributed by atoms with Crippen molar-refractivity contribution in [2.24, 2.45) is 5.92 Å². The van der Waals surface area contributed by atoms with E-state index >= 15 is 0 Å². The van der Waals surface area contributed by atoms with Gasteiger partial charge in [0, 0.05) is 12.3 Å². The molecule has 88 valence electrons. The average Bonchev–Trinajstić information content (AvgIpc) is 2.89. The summed E-state index contributed by atoms with van der Waals surface area (Å²) in [6, 6.07) is 0. The Kier molecular flexibility index (Phi) is 3.70. The summed E-state index contributed by atoms with van der Waals surface area (Å²) in [7, 11) is 0. The van der Waals surface area contributed by atoms with Crippen molar-refractivity contribution in [1.82, 2.24) is 10.1 Å². The maximum absolute atomic E-state index is 11.9. The standard InChI is InChI=1S/C12H18N2O2/c1-2-5-11-13-12(16-14-11)8-10(15)9-6-3-4-7-9/h9H,2-8H2,1H3. The van der Waals surface area contributed by atoms with Gasteiger partial charge in [-0.15, -0.1) is 0 Å². The van der Waals surface area contributed by atoms with Crippen LogP contribution in [0.4, 0.5) is 0 Å². The number of hydrogen-bond donors (Lipinski definition) is 0. The van der Waals surface area contributed by atoms with Crippen molar-refractivity contribution in [2.45, 2.75) is 51.9 Å². The molecular weight excluding hydrogens is 204 g/mol. The number of hydrogen-bond acceptors (Lipinski definition) is 4. The van der Waals surface area contributed by atoms with Crippen LogP contribution in [0.15, 0.2) is 4.52 Å². The van der Waals surface area contributed by atoms with E-state index in [0.29, 0.717) is 12.3 Å². The van der Waals surface area contributed by atoms with Crippen LogP contribution in [-0.4, -0.2) is 15.9 Å². The van der Waals surface area contributed by atoms with Crippen molar-refractivity contribution >= 4 is 5.78 Å². The molecule has 0 radical (unpaired) electrons. The van der Waals surface area contributed by atoms with Gasteiger partial charge < -0.3 is 4.52 Å². The first-order valence-corrected chi connectivity index (χ1v) is 6.13. The van der Waals surface area contributed by atoms with Crippen molar-refractivity contribution in [3.8, 4) is 0 Å². The average molecular weight is 222 g/mol. The van der Waals surface area contributed by atoms with E-state index in [4.69, 9.17) is 4.52 Å². The van der Waals surface area contributed by atoms with Gasteiger partial charge in [0.25, 0.3) is 0 Å². The molecule has 2 rings (SSSR count). The molecule has 1 aliphatic carbocycles. The SMILES string of the molecule is CCCc1noc(CC(=O)C2CCCC2)n1. The lowest BCUT2D eigenvalue weighted by molar-refractivity contribution is -0.122. The van der Waals surface area contributed by atoms with Crippen LogP contribution in [0.25, 0.3) is 0 Å². The summed E-state index contributed by atoms with van der Waals surface area (Å²) in [6.45, 7) is 2.07. The van der Waals surface area contributed by atoms with Crippen LogP contribution in [0.2, 0.25) is 0 Å². The third-order valence-electron chi connectivity index (χ3n) is 3.12. The molecule has 1 aromatic rings. The van der Waals surface area contributed by atoms with E-state index < -0.39 is 0 Å². The van der Waals surface area contributed by atoms with Crippen LogP contribution < -0.4 is 0 Å². The second-order valence-corrected chi connectivity index (χ2v) is 4.48. The van der Waals surface area contributed by atoms with Crippen LogP contribution in [0.1, 0.15) is 50.7 Å². The lowest BCUT2D eigenvalue weighted by Crippen LogP contribution is -2.13. The first kappa shape index (κ1) is 11.3. The zero-order chi connectivity index (χ0) is 11.4. The summed E-state index contributed by atoms with van der Waals surface area (Å²) in [5.41, 5.74) is 0. The molecule has 1 fully saturated rings. The van der Waals surface area contributed by atoms with Gasteiger partial charge in [0.15, 0.2) is 5.82 Å². The van der Waals surface area contributed by atoms with E-state index in [1.807, 2.05) is 0 Å². The number of carbonyl (C=O) groups is 1. The Labute approximate surface area is 95.4 Å². The van der Waals surface area contributed by atoms with Gasteiger partial charge in [-0.25, -0.2) is 0 Å². The van der Waals surface area contributed by atoms with Gasteiger partial charge in [-0.1, -0.05) is 24.9 Å². The molecule has 0 unspecified atom stereocenters. The number of rotatable bonds is 5. The quantitative estimate of drug-likeness (QED) is 0.767. The van der Waals surface area contributed by atoms with Gasteiger partial charge in [-0.3, -0.25) is 4.79 Å². The van der Waals surface area contributed by atoms with Gasteiger partial charge >= 0.3 is 0 Å². The third kappa shape index (κ3) is 2.68. The topological polar surface area (TPSA) is 56.0 Å². The van der Waals surface area contributed by atoms with Gasteiger partial charge in [0.1, 0.15) is 5.78 Å². The number of Topliss-reactive ketones (excluding diaryl/α,β-unsaturated/α-hetero) is 1. The van der Waals surface area contributed by atoms with Crippen LogP contribution >= 0.6 is 0 Å². The van der Waals surface area contributed by atoms with E-state index in [9.17, 15) is 4.79 Å². The molecule has 0 N–H and O–H groups in total. The molecule has 1 aliphatic rings. The molecule has 0 aromatic carbocycles. The minimum Gasteiger partial charge on any atom is -0.339 e. The number of nitrogens with zero attached hydrogens (tertiary/aromatic N) is 2. The fourth-order valence-corrected chi connectivity index (χ4v) is 2.23. The predicted molar refractivity (Wildman–Crippen MR) is 59.0 cm³/mol. The van der Waals surface area contributed by atoms with Gasteiger partial charge in [-0.2, -0.15) is 4.98 Å². The maximum atomic E-state index is 11.9. The first-order chi connectivity index (χ1) is 7.79. The predicted octanol–water partition coefficient (Wildman–Crippen LogP) is 2.32. The Balaban J connectivity index is 1.89. The van der Waals surface area contributed by atoms with Crippen molar-refractivity contribution < 1.29 is 9.32 Å². The molecule has 0 spiro atoms. The normalized spacial score (nSPS) is 16.8. The van der Waals surface area contributed by atoms with E-state index in [1.165, 1.54) is 12.8 Å². The summed E-state index contributed by atoms with van der Waals surface area (Å²) < 4.78 is 5.07. The molecule has 1 saturated carbocycles. The minimum atomic E-state index is 0.238. The number of aryl methyl sites for hydroxylation is 1. The summed E-state index contributed by atoms with van der Waals surface area (Å²) in [5, 5.41) is 3.85. The largest absolute Gasteiger partial charge is 0.339 e. The van der Waals surface area contributed by atoms with Crippen molar-refractivity contribution in [1.29, 1.82) is 0 Å². The molecule has 0 amide bonds. The lowest BCUT2D eigenvalue weighted by Gasteiger charge is -2.04. The molecule has 16 heavy (non-hydrogen) atoms. The number of ketones is 1. The Bertz CT molecular complexity index is 354. The summed E-state index contributed by atoms with van der Waals surface area (Å²) >= 11 is 0. The Hall–Kier alpha value is -1.19. The fourth-order valence-electron chi connectivity index (χ4n) is 2.23. The Morgan fingerprint density at radius 2 is 2.19 bits per heavy atom. The fraction of sp³-hybridized carbons (Fsp3) is 0.750. The molecule has 1 heterocycles. The van der Waals surface area contributed by atoms with Crippen molar-refractivity contribution in [3.63, 3.8) is 0 Å². The highest BCUT2D eigenvalue weighted by atomic mass is 16.5. The zero-order valence-electron chi connectivity index (χ0n) is 9.74. The van der Waals surface area contributed by atoms with Gasteiger partial charge in [0.05, 0.1) is 6.42 Å². The third-order valence-corrected chi connectivity index (χ3v) is 3.12.